The van der Waals surface area contributed by atoms with Crippen molar-refractivity contribution in [2.45, 2.75) is 29.1 Å². The summed E-state index contributed by atoms with van der Waals surface area (Å²) in [6, 6.07) is 4.67. The third kappa shape index (κ3) is 2.67. The molecule has 2 aliphatic rings. The molecule has 5 nitrogen and oxygen atoms in total. The van der Waals surface area contributed by atoms with Crippen LogP contribution < -0.4 is 0 Å². The quantitative estimate of drug-likeness (QED) is 0.819. The van der Waals surface area contributed by atoms with E-state index in [9.17, 15) is 18.3 Å². The predicted octanol–water partition coefficient (Wildman–Crippen LogP) is 2.94. The first-order chi connectivity index (χ1) is 10.8. The fourth-order valence-corrected chi connectivity index (χ4v) is 6.25. The van der Waals surface area contributed by atoms with E-state index in [1.807, 2.05) is 6.26 Å². The Morgan fingerprint density at radius 1 is 1.48 bits per heavy atom. The number of carbonyl (C=O) groups is 1. The highest BCUT2D eigenvalue weighted by Crippen LogP contribution is 2.50. The number of carboxylic acid groups (broad SMARTS) is 1. The van der Waals surface area contributed by atoms with Crippen molar-refractivity contribution in [1.29, 1.82) is 0 Å². The van der Waals surface area contributed by atoms with Gasteiger partial charge in [0, 0.05) is 18.0 Å². The molecule has 1 N–H and O–H groups in total. The molecule has 0 radical (unpaired) electrons. The first kappa shape index (κ1) is 17.1. The minimum atomic E-state index is -3.72. The van der Waals surface area contributed by atoms with Crippen LogP contribution in [0.5, 0.6) is 0 Å². The molecule has 0 bridgehead atoms. The van der Waals surface area contributed by atoms with E-state index in [1.54, 1.807) is 6.07 Å². The standard InChI is InChI=1S/C15H18ClNO4S2/c1-22-13-5-4-11(7-12(13)16)23(20,21)17-8-10-3-2-6-15(10,9-17)14(18)19/h4-5,7,10H,2-3,6,8-9H2,1H3,(H,18,19)/t10-,15+/m0/s1. The maximum Gasteiger partial charge on any atom is 0.311 e. The molecule has 1 aliphatic heterocycles. The Morgan fingerprint density at radius 2 is 2.22 bits per heavy atom. The normalized spacial score (nSPS) is 28.0. The van der Waals surface area contributed by atoms with E-state index in [0.717, 1.165) is 17.7 Å². The molecular formula is C15H18ClNO4S2. The van der Waals surface area contributed by atoms with Gasteiger partial charge < -0.3 is 5.11 Å². The van der Waals surface area contributed by atoms with Gasteiger partial charge in [-0.05, 0) is 43.2 Å². The maximum atomic E-state index is 12.8. The van der Waals surface area contributed by atoms with Crippen molar-refractivity contribution in [3.8, 4) is 0 Å². The Morgan fingerprint density at radius 3 is 2.78 bits per heavy atom. The smallest absolute Gasteiger partial charge is 0.311 e. The van der Waals surface area contributed by atoms with Crippen LogP contribution in [0.4, 0.5) is 0 Å². The first-order valence-electron chi connectivity index (χ1n) is 7.38. The average molecular weight is 376 g/mol. The summed E-state index contributed by atoms with van der Waals surface area (Å²) in [4.78, 5) is 12.6. The summed E-state index contributed by atoms with van der Waals surface area (Å²) in [6.45, 7) is 0.327. The molecule has 1 heterocycles. The number of hydrogen-bond donors (Lipinski definition) is 1. The highest BCUT2D eigenvalue weighted by molar-refractivity contribution is 7.98. The number of thioether (sulfide) groups is 1. The van der Waals surface area contributed by atoms with Crippen LogP contribution in [-0.2, 0) is 14.8 Å². The largest absolute Gasteiger partial charge is 0.481 e. The molecule has 1 aromatic rings. The fraction of sp³-hybridized carbons (Fsp3) is 0.533. The molecule has 0 spiro atoms. The summed E-state index contributed by atoms with van der Waals surface area (Å²) in [7, 11) is -3.72. The number of rotatable bonds is 4. The molecule has 0 unspecified atom stereocenters. The summed E-state index contributed by atoms with van der Waals surface area (Å²) < 4.78 is 27.0. The summed E-state index contributed by atoms with van der Waals surface area (Å²) in [5, 5.41) is 9.99. The lowest BCUT2D eigenvalue weighted by molar-refractivity contribution is -0.149. The van der Waals surface area contributed by atoms with E-state index in [4.69, 9.17) is 11.6 Å². The van der Waals surface area contributed by atoms with Crippen molar-refractivity contribution in [3.05, 3.63) is 23.2 Å². The van der Waals surface area contributed by atoms with Gasteiger partial charge in [0.05, 0.1) is 15.3 Å². The molecule has 3 rings (SSSR count). The van der Waals surface area contributed by atoms with Crippen LogP contribution in [0, 0.1) is 11.3 Å². The SMILES string of the molecule is CSc1ccc(S(=O)(=O)N2C[C@@H]3CCC[C@@]3(C(=O)O)C2)cc1Cl. The number of halogens is 1. The Balaban J connectivity index is 1.93. The Hall–Kier alpha value is -0.760. The van der Waals surface area contributed by atoms with Crippen LogP contribution in [0.2, 0.25) is 5.02 Å². The highest BCUT2D eigenvalue weighted by Gasteiger charge is 2.57. The van der Waals surface area contributed by atoms with Crippen molar-refractivity contribution >= 4 is 39.4 Å². The minimum Gasteiger partial charge on any atom is -0.481 e. The van der Waals surface area contributed by atoms with E-state index >= 15 is 0 Å². The van der Waals surface area contributed by atoms with Gasteiger partial charge in [-0.2, -0.15) is 4.31 Å². The van der Waals surface area contributed by atoms with E-state index in [-0.39, 0.29) is 23.9 Å². The van der Waals surface area contributed by atoms with Gasteiger partial charge in [0.15, 0.2) is 0 Å². The monoisotopic (exact) mass is 375 g/mol. The zero-order chi connectivity index (χ0) is 16.8. The summed E-state index contributed by atoms with van der Waals surface area (Å²) in [5.41, 5.74) is -0.921. The molecule has 0 aromatic heterocycles. The molecule has 23 heavy (non-hydrogen) atoms. The number of carboxylic acids is 1. The molecule has 1 saturated heterocycles. The van der Waals surface area contributed by atoms with Crippen LogP contribution in [0.15, 0.2) is 28.0 Å². The molecule has 1 saturated carbocycles. The van der Waals surface area contributed by atoms with Crippen LogP contribution in [0.3, 0.4) is 0 Å². The van der Waals surface area contributed by atoms with Crippen LogP contribution >= 0.6 is 23.4 Å². The van der Waals surface area contributed by atoms with Gasteiger partial charge in [0.1, 0.15) is 0 Å². The number of nitrogens with zero attached hydrogens (tertiary/aromatic N) is 1. The van der Waals surface area contributed by atoms with Gasteiger partial charge in [-0.15, -0.1) is 11.8 Å². The highest BCUT2D eigenvalue weighted by atomic mass is 35.5. The molecule has 0 amide bonds. The lowest BCUT2D eigenvalue weighted by atomic mass is 9.81. The first-order valence-corrected chi connectivity index (χ1v) is 10.4. The number of sulfonamides is 1. The summed E-state index contributed by atoms with van der Waals surface area (Å²) in [6.07, 6.45) is 4.03. The minimum absolute atomic E-state index is 0.0528. The molecular weight excluding hydrogens is 358 g/mol. The van der Waals surface area contributed by atoms with Crippen molar-refractivity contribution in [2.75, 3.05) is 19.3 Å². The molecule has 8 heteroatoms. The second-order valence-corrected chi connectivity index (χ2v) is 9.34. The Bertz CT molecular complexity index is 752. The molecule has 2 fully saturated rings. The fourth-order valence-electron chi connectivity index (χ4n) is 3.73. The van der Waals surface area contributed by atoms with Crippen LogP contribution in [-0.4, -0.2) is 43.1 Å². The Labute approximate surface area is 145 Å². The molecule has 2 atom stereocenters. The van der Waals surface area contributed by atoms with Gasteiger partial charge in [0.2, 0.25) is 10.0 Å². The van der Waals surface area contributed by atoms with Crippen molar-refractivity contribution in [3.63, 3.8) is 0 Å². The third-order valence-electron chi connectivity index (χ3n) is 5.03. The lowest BCUT2D eigenvalue weighted by Crippen LogP contribution is -2.37. The second-order valence-electron chi connectivity index (χ2n) is 6.14. The number of benzene rings is 1. The van der Waals surface area contributed by atoms with E-state index < -0.39 is 21.4 Å². The predicted molar refractivity (Wildman–Crippen MR) is 89.4 cm³/mol. The zero-order valence-corrected chi connectivity index (χ0v) is 15.0. The van der Waals surface area contributed by atoms with Crippen molar-refractivity contribution in [1.82, 2.24) is 4.31 Å². The lowest BCUT2D eigenvalue weighted by Gasteiger charge is -2.23. The van der Waals surface area contributed by atoms with E-state index in [2.05, 4.69) is 0 Å². The molecule has 1 aliphatic carbocycles. The van der Waals surface area contributed by atoms with Crippen LogP contribution in [0.1, 0.15) is 19.3 Å². The van der Waals surface area contributed by atoms with Gasteiger partial charge in [-0.25, -0.2) is 8.42 Å². The summed E-state index contributed by atoms with van der Waals surface area (Å²) in [5.74, 6) is -0.982. The number of fused-ring (bicyclic) bond motifs is 1. The Kier molecular flexibility index (Phi) is 4.42. The van der Waals surface area contributed by atoms with Gasteiger partial charge in [0.25, 0.3) is 0 Å². The topological polar surface area (TPSA) is 74.7 Å². The molecule has 126 valence electrons. The number of aliphatic carboxylic acids is 1. The van der Waals surface area contributed by atoms with Crippen molar-refractivity contribution < 1.29 is 18.3 Å². The van der Waals surface area contributed by atoms with Crippen LogP contribution in [0.25, 0.3) is 0 Å². The third-order valence-corrected chi connectivity index (χ3v) is 8.05. The van der Waals surface area contributed by atoms with Gasteiger partial charge >= 0.3 is 5.97 Å². The average Bonchev–Trinajstić information content (AvgIpc) is 3.05. The summed E-state index contributed by atoms with van der Waals surface area (Å²) >= 11 is 7.56. The van der Waals surface area contributed by atoms with Gasteiger partial charge in [-0.1, -0.05) is 18.0 Å². The zero-order valence-electron chi connectivity index (χ0n) is 12.7. The second kappa shape index (κ2) is 5.95. The van der Waals surface area contributed by atoms with Gasteiger partial charge in [-0.3, -0.25) is 4.79 Å². The molecule has 1 aromatic carbocycles. The van der Waals surface area contributed by atoms with Crippen molar-refractivity contribution in [2.24, 2.45) is 11.3 Å². The maximum absolute atomic E-state index is 12.8. The van der Waals surface area contributed by atoms with E-state index in [1.165, 1.54) is 28.2 Å². The van der Waals surface area contributed by atoms with E-state index in [0.29, 0.717) is 11.4 Å². The number of hydrogen-bond acceptors (Lipinski definition) is 4.